The zero-order valence-electron chi connectivity index (χ0n) is 30.0. The minimum atomic E-state index is -5.94. The van der Waals surface area contributed by atoms with Crippen LogP contribution in [0.5, 0.6) is 0 Å². The zero-order valence-corrected chi connectivity index (χ0v) is 30.0. The topological polar surface area (TPSA) is 85.2 Å². The lowest BCUT2D eigenvalue weighted by Gasteiger charge is -2.53. The molecule has 6 nitrogen and oxygen atoms in total. The van der Waals surface area contributed by atoms with Crippen LogP contribution in [-0.4, -0.2) is 65.6 Å². The van der Waals surface area contributed by atoms with E-state index < -0.39 is 58.7 Å². The Labute approximate surface area is 296 Å². The largest absolute Gasteiger partial charge is 0.465 e. The van der Waals surface area contributed by atoms with Crippen molar-refractivity contribution in [3.05, 3.63) is 70.8 Å². The number of hydrogen-bond acceptors (Lipinski definition) is 6. The highest BCUT2D eigenvalue weighted by molar-refractivity contribution is 5.90. The van der Waals surface area contributed by atoms with E-state index in [2.05, 4.69) is 0 Å². The molecule has 280 valence electrons. The van der Waals surface area contributed by atoms with Gasteiger partial charge in [-0.3, -0.25) is 0 Å². The van der Waals surface area contributed by atoms with Crippen LogP contribution >= 0.6 is 0 Å². The van der Waals surface area contributed by atoms with Gasteiger partial charge in [-0.05, 0) is 85.3 Å². The molecule has 1 spiro atoms. The Morgan fingerprint density at radius 2 is 1.49 bits per heavy atom. The van der Waals surface area contributed by atoms with Gasteiger partial charge in [-0.2, -0.15) is 22.0 Å². The van der Waals surface area contributed by atoms with E-state index >= 15 is 8.78 Å². The second-order valence-corrected chi connectivity index (χ2v) is 16.5. The molecule has 2 saturated carbocycles. The number of hydrogen-bond donors (Lipinski definition) is 2. The molecular weight excluding hydrogens is 671 g/mol. The van der Waals surface area contributed by atoms with Gasteiger partial charge in [0.15, 0.2) is 5.79 Å². The number of alkyl halides is 5. The van der Waals surface area contributed by atoms with E-state index in [1.807, 2.05) is 38.1 Å². The summed E-state index contributed by atoms with van der Waals surface area (Å²) in [5.41, 5.74) is -2.36. The summed E-state index contributed by atoms with van der Waals surface area (Å²) >= 11 is 0. The van der Waals surface area contributed by atoms with Gasteiger partial charge in [-0.25, -0.2) is 4.79 Å². The lowest BCUT2D eigenvalue weighted by Crippen LogP contribution is -2.63. The Morgan fingerprint density at radius 3 is 2.06 bits per heavy atom. The highest BCUT2D eigenvalue weighted by atomic mass is 19.4. The van der Waals surface area contributed by atoms with E-state index in [1.54, 1.807) is 31.2 Å². The summed E-state index contributed by atoms with van der Waals surface area (Å²) in [4.78, 5) is 11.9. The first kappa shape index (κ1) is 37.9. The molecule has 2 N–H and O–H groups in total. The van der Waals surface area contributed by atoms with E-state index in [1.165, 1.54) is 14.0 Å². The number of halogens is 5. The first-order valence-corrected chi connectivity index (χ1v) is 17.9. The number of methoxy groups -OCH3 is 1. The number of ether oxygens (including phenoxy) is 3. The van der Waals surface area contributed by atoms with Crippen molar-refractivity contribution in [1.82, 2.24) is 0 Å². The fourth-order valence-corrected chi connectivity index (χ4v) is 9.23. The summed E-state index contributed by atoms with van der Waals surface area (Å²) in [7, 11) is 1.30. The lowest BCUT2D eigenvalue weighted by atomic mass is 9.59. The molecule has 0 aromatic heterocycles. The molecule has 2 aromatic rings. The van der Waals surface area contributed by atoms with Crippen LogP contribution in [0.15, 0.2) is 59.7 Å². The number of carbonyl (C=O) groups is 1. The van der Waals surface area contributed by atoms with Crippen molar-refractivity contribution < 1.29 is 51.2 Å². The van der Waals surface area contributed by atoms with Gasteiger partial charge < -0.3 is 24.4 Å². The molecule has 0 radical (unpaired) electrons. The number of esters is 1. The quantitative estimate of drug-likeness (QED) is 0.169. The monoisotopic (exact) mass is 720 g/mol. The molecule has 2 aromatic carbocycles. The second kappa shape index (κ2) is 12.9. The van der Waals surface area contributed by atoms with E-state index in [9.17, 15) is 28.2 Å². The molecule has 0 bridgehead atoms. The Balaban J connectivity index is 1.42. The Hall–Kier alpha value is -2.86. The number of allylic oxidation sites excluding steroid dienone is 1. The maximum Gasteiger partial charge on any atom is 0.456 e. The highest BCUT2D eigenvalue weighted by Gasteiger charge is 2.77. The smallest absolute Gasteiger partial charge is 0.456 e. The first-order valence-electron chi connectivity index (χ1n) is 17.9. The minimum Gasteiger partial charge on any atom is -0.465 e. The molecule has 5 atom stereocenters. The summed E-state index contributed by atoms with van der Waals surface area (Å²) in [6.07, 6.45) is -4.15. The summed E-state index contributed by atoms with van der Waals surface area (Å²) in [5.74, 6) is -8.08. The molecule has 2 unspecified atom stereocenters. The summed E-state index contributed by atoms with van der Waals surface area (Å²) in [5, 5.41) is 23.9. The normalized spacial score (nSPS) is 31.3. The second-order valence-electron chi connectivity index (χ2n) is 16.5. The lowest BCUT2D eigenvalue weighted by molar-refractivity contribution is -0.360. The Bertz CT molecular complexity index is 1640. The van der Waals surface area contributed by atoms with Gasteiger partial charge in [0.25, 0.3) is 0 Å². The number of rotatable bonds is 7. The van der Waals surface area contributed by atoms with Crippen molar-refractivity contribution in [2.45, 2.75) is 120 Å². The number of fused-ring (bicyclic) bond motifs is 1. The highest BCUT2D eigenvalue weighted by Crippen LogP contribution is 2.64. The summed E-state index contributed by atoms with van der Waals surface area (Å²) < 4.78 is 90.2. The molecule has 1 saturated heterocycles. The van der Waals surface area contributed by atoms with Crippen LogP contribution in [0, 0.1) is 16.7 Å². The van der Waals surface area contributed by atoms with Gasteiger partial charge >= 0.3 is 18.1 Å². The van der Waals surface area contributed by atoms with E-state index in [0.717, 1.165) is 22.3 Å². The van der Waals surface area contributed by atoms with Gasteiger partial charge in [-0.1, -0.05) is 69.7 Å². The van der Waals surface area contributed by atoms with Crippen LogP contribution in [0.2, 0.25) is 0 Å². The molecular formula is C40H49F5O6. The van der Waals surface area contributed by atoms with Crippen LogP contribution in [0.3, 0.4) is 0 Å². The predicted molar refractivity (Wildman–Crippen MR) is 181 cm³/mol. The fourth-order valence-electron chi connectivity index (χ4n) is 9.23. The van der Waals surface area contributed by atoms with Crippen LogP contribution in [0.25, 0.3) is 11.1 Å². The molecule has 51 heavy (non-hydrogen) atoms. The fraction of sp³-hybridized carbons (Fsp3) is 0.625. The summed E-state index contributed by atoms with van der Waals surface area (Å²) in [6.45, 7) is 8.04. The average molecular weight is 721 g/mol. The van der Waals surface area contributed by atoms with Gasteiger partial charge in [0.05, 0.1) is 31.5 Å². The van der Waals surface area contributed by atoms with Crippen molar-refractivity contribution >= 4 is 5.97 Å². The van der Waals surface area contributed by atoms with Crippen molar-refractivity contribution in [3.8, 4) is 11.1 Å². The van der Waals surface area contributed by atoms with Crippen molar-refractivity contribution in [1.29, 1.82) is 0 Å². The first-order chi connectivity index (χ1) is 23.7. The average Bonchev–Trinajstić information content (AvgIpc) is 3.32. The third-order valence-corrected chi connectivity index (χ3v) is 12.6. The SMILES string of the molecule is COC(=O)c1ccc(-c2ccc(C(CC3(C)[C@H](C)CC[C@@]3(O)C(F)(F)C(F)(F)F)C3=C4CCC5(C[C@]4(O)CCC3)OCC(C)(C)CO5)cc2)cc1. The molecule has 1 heterocycles. The third kappa shape index (κ3) is 6.44. The molecule has 6 rings (SSSR count). The minimum absolute atomic E-state index is 0.00921. The van der Waals surface area contributed by atoms with Crippen molar-refractivity contribution in [3.63, 3.8) is 0 Å². The van der Waals surface area contributed by atoms with Crippen LogP contribution in [0.1, 0.15) is 107 Å². The standard InChI is InChI=1S/C40H49F5O6/c1-25-16-20-38(48,39(41,42)40(43,44)45)35(25,4)21-31(28-12-8-26(9-13-28)27-10-14-29(15-11-27)33(46)49-5)30-7-6-18-36(47)22-37(19-17-32(30)36)50-23-34(2,3)24-51-37/h8-15,25,31,47-48H,6-7,16-24H2,1-5H3/t25-,31?,35?,36-,38+/m1/s1. The van der Waals surface area contributed by atoms with E-state index in [4.69, 9.17) is 14.2 Å². The summed E-state index contributed by atoms with van der Waals surface area (Å²) in [6, 6.07) is 14.3. The molecule has 4 aliphatic rings. The maximum atomic E-state index is 15.4. The van der Waals surface area contributed by atoms with Crippen LogP contribution in [0.4, 0.5) is 22.0 Å². The number of benzene rings is 2. The van der Waals surface area contributed by atoms with Gasteiger partial charge in [0.2, 0.25) is 0 Å². The molecule has 3 fully saturated rings. The molecule has 3 aliphatic carbocycles. The van der Waals surface area contributed by atoms with Crippen molar-refractivity contribution in [2.24, 2.45) is 16.7 Å². The van der Waals surface area contributed by atoms with Crippen molar-refractivity contribution in [2.75, 3.05) is 20.3 Å². The molecule has 0 amide bonds. The van der Waals surface area contributed by atoms with E-state index in [-0.39, 0.29) is 24.7 Å². The number of carbonyl (C=O) groups excluding carboxylic acids is 1. The maximum absolute atomic E-state index is 15.4. The van der Waals surface area contributed by atoms with E-state index in [0.29, 0.717) is 56.4 Å². The van der Waals surface area contributed by atoms with Gasteiger partial charge in [0, 0.05) is 29.6 Å². The Morgan fingerprint density at radius 1 is 0.902 bits per heavy atom. The van der Waals surface area contributed by atoms with Gasteiger partial charge in [-0.15, -0.1) is 0 Å². The number of aliphatic hydroxyl groups is 2. The van der Waals surface area contributed by atoms with Crippen LogP contribution in [-0.2, 0) is 14.2 Å². The zero-order chi connectivity index (χ0) is 37.3. The molecule has 11 heteroatoms. The predicted octanol–water partition coefficient (Wildman–Crippen LogP) is 9.14. The Kier molecular flexibility index (Phi) is 9.60. The van der Waals surface area contributed by atoms with Gasteiger partial charge in [0.1, 0.15) is 5.60 Å². The third-order valence-electron chi connectivity index (χ3n) is 12.6. The van der Waals surface area contributed by atoms with Crippen LogP contribution < -0.4 is 0 Å². The molecule has 1 aliphatic heterocycles.